The number of carbonyl (C=O) groups is 1. The normalized spacial score (nSPS) is 14.6. The zero-order chi connectivity index (χ0) is 30.0. The number of fused-ring (bicyclic) bond motifs is 1. The fourth-order valence-corrected chi connectivity index (χ4v) is 6.06. The maximum Gasteiger partial charge on any atom is 0.271 e. The lowest BCUT2D eigenvalue weighted by Crippen LogP contribution is -2.40. The number of aryl methyl sites for hydroxylation is 1. The van der Waals surface area contributed by atoms with E-state index in [9.17, 15) is 9.59 Å². The van der Waals surface area contributed by atoms with Gasteiger partial charge in [0.2, 0.25) is 0 Å². The Morgan fingerprint density at radius 1 is 0.905 bits per heavy atom. The molecule has 1 amide bonds. The number of hydrogen-bond acceptors (Lipinski definition) is 8. The van der Waals surface area contributed by atoms with Gasteiger partial charge in [0.1, 0.15) is 0 Å². The third-order valence-electron chi connectivity index (χ3n) is 7.10. The summed E-state index contributed by atoms with van der Waals surface area (Å²) < 4.78 is 24.0. The van der Waals surface area contributed by atoms with Gasteiger partial charge in [0, 0.05) is 11.3 Å². The van der Waals surface area contributed by atoms with Crippen molar-refractivity contribution >= 4 is 29.0 Å². The number of nitrogens with one attached hydrogen (secondary N) is 1. The van der Waals surface area contributed by atoms with Crippen molar-refractivity contribution in [1.82, 2.24) is 4.57 Å². The standard InChI is InChI=1S/C32H31N3O6S/c1-18-10-7-8-12-22(18)34-30(36)27-19(2)33-32-35(28(27)20-14-15-23(38-3)25(16-20)40-5)31(37)26(42-32)17-21-11-9-13-24(39-4)29(21)41-6/h7-17,28H,1-6H3,(H,34,36)/b26-17-. The predicted octanol–water partition coefficient (Wildman–Crippen LogP) is 4.22. The molecule has 0 aliphatic carbocycles. The van der Waals surface area contributed by atoms with Crippen LogP contribution < -0.4 is 39.2 Å². The summed E-state index contributed by atoms with van der Waals surface area (Å²) in [5.41, 5.74) is 3.50. The molecule has 1 unspecified atom stereocenters. The Labute approximate surface area is 247 Å². The fraction of sp³-hybridized carbons (Fsp3) is 0.219. The highest BCUT2D eigenvalue weighted by Crippen LogP contribution is 2.36. The summed E-state index contributed by atoms with van der Waals surface area (Å²) in [6.45, 7) is 3.70. The molecule has 4 aromatic rings. The molecular weight excluding hydrogens is 554 g/mol. The number of aromatic nitrogens is 1. The van der Waals surface area contributed by atoms with Gasteiger partial charge in [-0.2, -0.15) is 0 Å². The van der Waals surface area contributed by atoms with E-state index in [-0.39, 0.29) is 11.5 Å². The molecule has 0 spiro atoms. The van der Waals surface area contributed by atoms with Crippen molar-refractivity contribution < 1.29 is 23.7 Å². The van der Waals surface area contributed by atoms with Crippen LogP contribution in [-0.2, 0) is 4.79 Å². The van der Waals surface area contributed by atoms with Gasteiger partial charge < -0.3 is 24.3 Å². The Bertz CT molecular complexity index is 1890. The van der Waals surface area contributed by atoms with Gasteiger partial charge in [0.15, 0.2) is 27.8 Å². The van der Waals surface area contributed by atoms with Crippen LogP contribution in [0.1, 0.15) is 29.7 Å². The Morgan fingerprint density at radius 3 is 2.33 bits per heavy atom. The lowest BCUT2D eigenvalue weighted by molar-refractivity contribution is -0.113. The van der Waals surface area contributed by atoms with Gasteiger partial charge in [-0.05, 0) is 55.3 Å². The second kappa shape index (κ2) is 12.0. The minimum absolute atomic E-state index is 0.294. The topological polar surface area (TPSA) is 100 Å². The third-order valence-corrected chi connectivity index (χ3v) is 8.09. The van der Waals surface area contributed by atoms with Crippen molar-refractivity contribution in [2.24, 2.45) is 4.99 Å². The monoisotopic (exact) mass is 585 g/mol. The number of anilines is 1. The first-order chi connectivity index (χ1) is 20.3. The summed E-state index contributed by atoms with van der Waals surface area (Å²) in [4.78, 5) is 33.3. The number of allylic oxidation sites excluding steroid dienone is 1. The lowest BCUT2D eigenvalue weighted by atomic mass is 9.94. The van der Waals surface area contributed by atoms with Crippen LogP contribution in [0.4, 0.5) is 5.69 Å². The van der Waals surface area contributed by atoms with Gasteiger partial charge in [0.05, 0.1) is 50.3 Å². The number of carbonyl (C=O) groups excluding carboxylic acids is 1. The maximum atomic E-state index is 14.1. The fourth-order valence-electron chi connectivity index (χ4n) is 5.02. The number of thiazole rings is 1. The van der Waals surface area contributed by atoms with Crippen molar-refractivity contribution in [3.63, 3.8) is 0 Å². The largest absolute Gasteiger partial charge is 0.493 e. The summed E-state index contributed by atoms with van der Waals surface area (Å²) in [6.07, 6.45) is 1.75. The lowest BCUT2D eigenvalue weighted by Gasteiger charge is -2.26. The summed E-state index contributed by atoms with van der Waals surface area (Å²) >= 11 is 1.24. The highest BCUT2D eigenvalue weighted by molar-refractivity contribution is 7.07. The molecule has 2 heterocycles. The SMILES string of the molecule is COc1ccc(C2C(C(=O)Nc3ccccc3C)=C(C)N=c3s/c(=C\c4cccc(OC)c4OC)c(=O)n32)cc1OC. The van der Waals surface area contributed by atoms with Gasteiger partial charge in [0.25, 0.3) is 11.5 Å². The number of hydrogen-bond donors (Lipinski definition) is 1. The van der Waals surface area contributed by atoms with E-state index in [2.05, 4.69) is 5.32 Å². The van der Waals surface area contributed by atoms with Gasteiger partial charge in [-0.3, -0.25) is 14.2 Å². The number of para-hydroxylation sites is 2. The molecule has 0 fully saturated rings. The molecule has 3 aromatic carbocycles. The van der Waals surface area contributed by atoms with Crippen LogP contribution in [-0.4, -0.2) is 38.9 Å². The molecule has 0 saturated heterocycles. The minimum atomic E-state index is -0.778. The van der Waals surface area contributed by atoms with Crippen molar-refractivity contribution in [1.29, 1.82) is 0 Å². The number of ether oxygens (including phenoxy) is 4. The van der Waals surface area contributed by atoms with Crippen molar-refractivity contribution in [2.45, 2.75) is 19.9 Å². The average molecular weight is 586 g/mol. The zero-order valence-corrected chi connectivity index (χ0v) is 25.0. The first kappa shape index (κ1) is 28.7. The summed E-state index contributed by atoms with van der Waals surface area (Å²) in [5.74, 6) is 1.72. The van der Waals surface area contributed by atoms with E-state index < -0.39 is 6.04 Å². The van der Waals surface area contributed by atoms with Crippen molar-refractivity contribution in [3.05, 3.63) is 108 Å². The highest BCUT2D eigenvalue weighted by Gasteiger charge is 2.33. The van der Waals surface area contributed by atoms with Crippen LogP contribution >= 0.6 is 11.3 Å². The van der Waals surface area contributed by atoms with E-state index in [0.717, 1.165) is 5.56 Å². The van der Waals surface area contributed by atoms with Gasteiger partial charge in [-0.15, -0.1) is 0 Å². The quantitative estimate of drug-likeness (QED) is 0.333. The average Bonchev–Trinajstić information content (AvgIpc) is 3.30. The molecular formula is C32H31N3O6S. The van der Waals surface area contributed by atoms with Crippen molar-refractivity contribution in [2.75, 3.05) is 33.8 Å². The maximum absolute atomic E-state index is 14.1. The van der Waals surface area contributed by atoms with Crippen LogP contribution in [0.2, 0.25) is 0 Å². The molecule has 1 aliphatic rings. The molecule has 216 valence electrons. The molecule has 1 aromatic heterocycles. The number of rotatable bonds is 8. The molecule has 1 N–H and O–H groups in total. The van der Waals surface area contributed by atoms with Gasteiger partial charge in [-0.25, -0.2) is 4.99 Å². The Balaban J connectivity index is 1.72. The van der Waals surface area contributed by atoms with Crippen LogP contribution in [0.3, 0.4) is 0 Å². The second-order valence-corrected chi connectivity index (χ2v) is 10.6. The van der Waals surface area contributed by atoms with E-state index in [1.807, 2.05) is 49.4 Å². The molecule has 0 bridgehead atoms. The molecule has 0 radical (unpaired) electrons. The van der Waals surface area contributed by atoms with Crippen LogP contribution in [0.5, 0.6) is 23.0 Å². The summed E-state index contributed by atoms with van der Waals surface area (Å²) in [6, 6.07) is 17.6. The van der Waals surface area contributed by atoms with Crippen LogP contribution in [0.25, 0.3) is 6.08 Å². The number of benzene rings is 3. The number of nitrogens with zero attached hydrogens (tertiary/aromatic N) is 2. The molecule has 10 heteroatoms. The third kappa shape index (κ3) is 5.16. The molecule has 1 aliphatic heterocycles. The zero-order valence-electron chi connectivity index (χ0n) is 24.2. The minimum Gasteiger partial charge on any atom is -0.493 e. The first-order valence-corrected chi connectivity index (χ1v) is 13.9. The number of methoxy groups -OCH3 is 4. The molecule has 5 rings (SSSR count). The highest BCUT2D eigenvalue weighted by atomic mass is 32.1. The summed E-state index contributed by atoms with van der Waals surface area (Å²) in [7, 11) is 6.21. The summed E-state index contributed by atoms with van der Waals surface area (Å²) in [5, 5.41) is 3.02. The smallest absolute Gasteiger partial charge is 0.271 e. The van der Waals surface area contributed by atoms with E-state index >= 15 is 0 Å². The Hall–Kier alpha value is -4.83. The van der Waals surface area contributed by atoms with E-state index in [1.54, 1.807) is 64.2 Å². The van der Waals surface area contributed by atoms with E-state index in [4.69, 9.17) is 23.9 Å². The Morgan fingerprint density at radius 2 is 1.64 bits per heavy atom. The molecule has 42 heavy (non-hydrogen) atoms. The number of amides is 1. The molecule has 1 atom stereocenters. The van der Waals surface area contributed by atoms with Crippen molar-refractivity contribution in [3.8, 4) is 23.0 Å². The Kier molecular flexibility index (Phi) is 8.17. The molecule has 0 saturated carbocycles. The first-order valence-electron chi connectivity index (χ1n) is 13.1. The van der Waals surface area contributed by atoms with Gasteiger partial charge in [-0.1, -0.05) is 47.7 Å². The van der Waals surface area contributed by atoms with Crippen LogP contribution in [0, 0.1) is 6.92 Å². The predicted molar refractivity (Wildman–Crippen MR) is 163 cm³/mol. The van der Waals surface area contributed by atoms with Crippen LogP contribution in [0.15, 0.2) is 81.7 Å². The molecule has 9 nitrogen and oxygen atoms in total. The second-order valence-electron chi connectivity index (χ2n) is 9.55. The van der Waals surface area contributed by atoms with E-state index in [1.165, 1.54) is 11.3 Å². The van der Waals surface area contributed by atoms with Gasteiger partial charge >= 0.3 is 0 Å². The van der Waals surface area contributed by atoms with E-state index in [0.29, 0.717) is 60.4 Å².